The van der Waals surface area contributed by atoms with Gasteiger partial charge in [-0.2, -0.15) is 11.3 Å². The van der Waals surface area contributed by atoms with Crippen LogP contribution in [0.5, 0.6) is 0 Å². The van der Waals surface area contributed by atoms with Crippen LogP contribution < -0.4 is 10.6 Å². The highest BCUT2D eigenvalue weighted by atomic mass is 32.1. The summed E-state index contributed by atoms with van der Waals surface area (Å²) in [5, 5.41) is 9.46. The highest BCUT2D eigenvalue weighted by Crippen LogP contribution is 2.29. The fraction of sp³-hybridized carbons (Fsp3) is 0.125. The number of rotatable bonds is 7. The number of carbonyl (C=O) groups excluding carboxylic acids is 2. The van der Waals surface area contributed by atoms with Gasteiger partial charge in [0.15, 0.2) is 0 Å². The SMILES string of the molecule is Cc1oc(-c2ccccc2NC(=O)Cc2ccccc2)nc1CNC(=O)c1ccsc1. The Balaban J connectivity index is 1.48. The third-order valence-electron chi connectivity index (χ3n) is 4.73. The van der Waals surface area contributed by atoms with Crippen molar-refractivity contribution >= 4 is 28.8 Å². The lowest BCUT2D eigenvalue weighted by Gasteiger charge is -2.09. The second-order valence-corrected chi connectivity index (χ2v) is 7.75. The number of carbonyl (C=O) groups is 2. The maximum absolute atomic E-state index is 12.5. The summed E-state index contributed by atoms with van der Waals surface area (Å²) >= 11 is 1.47. The molecule has 7 heteroatoms. The molecular weight excluding hydrogens is 410 g/mol. The number of anilines is 1. The van der Waals surface area contributed by atoms with E-state index >= 15 is 0 Å². The Labute approximate surface area is 184 Å². The average molecular weight is 432 g/mol. The molecule has 2 aromatic carbocycles. The van der Waals surface area contributed by atoms with Crippen LogP contribution in [0.1, 0.15) is 27.4 Å². The van der Waals surface area contributed by atoms with Gasteiger partial charge in [0.2, 0.25) is 11.8 Å². The van der Waals surface area contributed by atoms with Gasteiger partial charge in [-0.25, -0.2) is 4.98 Å². The molecule has 4 rings (SSSR count). The van der Waals surface area contributed by atoms with Gasteiger partial charge in [0, 0.05) is 10.9 Å². The summed E-state index contributed by atoms with van der Waals surface area (Å²) in [5.41, 5.74) is 3.51. The van der Waals surface area contributed by atoms with Gasteiger partial charge in [-0.15, -0.1) is 0 Å². The molecule has 0 unspecified atom stereocenters. The van der Waals surface area contributed by atoms with E-state index < -0.39 is 0 Å². The van der Waals surface area contributed by atoms with E-state index in [0.29, 0.717) is 34.2 Å². The summed E-state index contributed by atoms with van der Waals surface area (Å²) in [7, 11) is 0. The van der Waals surface area contributed by atoms with Crippen molar-refractivity contribution in [1.29, 1.82) is 0 Å². The van der Waals surface area contributed by atoms with Crippen molar-refractivity contribution in [2.75, 3.05) is 5.32 Å². The lowest BCUT2D eigenvalue weighted by Crippen LogP contribution is -2.22. The molecule has 0 atom stereocenters. The van der Waals surface area contributed by atoms with Crippen molar-refractivity contribution in [1.82, 2.24) is 10.3 Å². The van der Waals surface area contributed by atoms with Crippen molar-refractivity contribution in [3.8, 4) is 11.5 Å². The van der Waals surface area contributed by atoms with Crippen LogP contribution in [0.2, 0.25) is 0 Å². The molecule has 2 aromatic heterocycles. The van der Waals surface area contributed by atoms with Gasteiger partial charge in [0.05, 0.1) is 24.2 Å². The van der Waals surface area contributed by atoms with Gasteiger partial charge < -0.3 is 15.1 Å². The number of para-hydroxylation sites is 1. The zero-order valence-electron chi connectivity index (χ0n) is 16.9. The summed E-state index contributed by atoms with van der Waals surface area (Å²) in [4.78, 5) is 29.3. The first-order valence-corrected chi connectivity index (χ1v) is 10.7. The third-order valence-corrected chi connectivity index (χ3v) is 5.41. The van der Waals surface area contributed by atoms with E-state index in [0.717, 1.165) is 5.56 Å². The molecule has 0 bridgehead atoms. The van der Waals surface area contributed by atoms with E-state index in [9.17, 15) is 9.59 Å². The van der Waals surface area contributed by atoms with E-state index in [1.807, 2.05) is 60.0 Å². The molecule has 0 radical (unpaired) electrons. The molecule has 0 spiro atoms. The maximum atomic E-state index is 12.5. The highest BCUT2D eigenvalue weighted by Gasteiger charge is 2.17. The first-order chi connectivity index (χ1) is 15.1. The molecule has 4 aromatic rings. The van der Waals surface area contributed by atoms with Crippen LogP contribution in [0.4, 0.5) is 5.69 Å². The molecule has 156 valence electrons. The number of nitrogens with zero attached hydrogens (tertiary/aromatic N) is 1. The summed E-state index contributed by atoms with van der Waals surface area (Å²) in [5.74, 6) is 0.739. The highest BCUT2D eigenvalue weighted by molar-refractivity contribution is 7.08. The Morgan fingerprint density at radius 2 is 1.81 bits per heavy atom. The molecule has 0 aliphatic rings. The second-order valence-electron chi connectivity index (χ2n) is 6.97. The molecular formula is C24H21N3O3S. The van der Waals surface area contributed by atoms with E-state index in [1.54, 1.807) is 18.4 Å². The number of oxazole rings is 1. The lowest BCUT2D eigenvalue weighted by molar-refractivity contribution is -0.115. The molecule has 0 saturated heterocycles. The maximum Gasteiger partial charge on any atom is 0.252 e. The number of amides is 2. The van der Waals surface area contributed by atoms with E-state index in [1.165, 1.54) is 11.3 Å². The zero-order valence-corrected chi connectivity index (χ0v) is 17.7. The first kappa shape index (κ1) is 20.6. The largest absolute Gasteiger partial charge is 0.441 e. The predicted molar refractivity (Wildman–Crippen MR) is 121 cm³/mol. The third kappa shape index (κ3) is 5.07. The Hall–Kier alpha value is -3.71. The van der Waals surface area contributed by atoms with Crippen LogP contribution in [0.15, 0.2) is 75.8 Å². The van der Waals surface area contributed by atoms with Crippen molar-refractivity contribution in [2.45, 2.75) is 19.9 Å². The molecule has 0 aliphatic carbocycles. The summed E-state index contributed by atoms with van der Waals surface area (Å²) in [6.07, 6.45) is 0.277. The van der Waals surface area contributed by atoms with Gasteiger partial charge in [-0.05, 0) is 36.1 Å². The Morgan fingerprint density at radius 3 is 2.58 bits per heavy atom. The molecule has 2 heterocycles. The number of aryl methyl sites for hydroxylation is 1. The van der Waals surface area contributed by atoms with E-state index in [4.69, 9.17) is 4.42 Å². The van der Waals surface area contributed by atoms with Gasteiger partial charge >= 0.3 is 0 Å². The van der Waals surface area contributed by atoms with Crippen LogP contribution in [-0.4, -0.2) is 16.8 Å². The monoisotopic (exact) mass is 431 g/mol. The molecule has 31 heavy (non-hydrogen) atoms. The van der Waals surface area contributed by atoms with Gasteiger partial charge in [0.25, 0.3) is 5.91 Å². The van der Waals surface area contributed by atoms with Crippen molar-refractivity contribution in [3.05, 3.63) is 94.0 Å². The summed E-state index contributed by atoms with van der Waals surface area (Å²) in [6, 6.07) is 18.7. The standard InChI is InChI=1S/C24H21N3O3S/c1-16-21(14-25-23(29)18-11-12-31-15-18)27-24(30-16)19-9-5-6-10-20(19)26-22(28)13-17-7-3-2-4-8-17/h2-12,15H,13-14H2,1H3,(H,25,29)(H,26,28). The van der Waals surface area contributed by atoms with Crippen LogP contribution in [0.3, 0.4) is 0 Å². The number of aromatic nitrogens is 1. The molecule has 0 fully saturated rings. The summed E-state index contributed by atoms with van der Waals surface area (Å²) < 4.78 is 5.85. The number of benzene rings is 2. The zero-order chi connectivity index (χ0) is 21.6. The van der Waals surface area contributed by atoms with Crippen LogP contribution in [0, 0.1) is 6.92 Å². The molecule has 0 aliphatic heterocycles. The van der Waals surface area contributed by atoms with Crippen molar-refractivity contribution in [2.24, 2.45) is 0 Å². The minimum absolute atomic E-state index is 0.120. The predicted octanol–water partition coefficient (Wildman–Crippen LogP) is 4.82. The Kier molecular flexibility index (Phi) is 6.24. The molecule has 2 N–H and O–H groups in total. The van der Waals surface area contributed by atoms with Crippen LogP contribution in [-0.2, 0) is 17.8 Å². The van der Waals surface area contributed by atoms with Crippen molar-refractivity contribution < 1.29 is 14.0 Å². The Morgan fingerprint density at radius 1 is 1.03 bits per heavy atom. The minimum Gasteiger partial charge on any atom is -0.441 e. The van der Waals surface area contributed by atoms with E-state index in [2.05, 4.69) is 15.6 Å². The minimum atomic E-state index is -0.154. The van der Waals surface area contributed by atoms with Crippen LogP contribution >= 0.6 is 11.3 Å². The number of thiophene rings is 1. The van der Waals surface area contributed by atoms with Gasteiger partial charge in [0.1, 0.15) is 11.5 Å². The smallest absolute Gasteiger partial charge is 0.252 e. The lowest BCUT2D eigenvalue weighted by atomic mass is 10.1. The number of hydrogen-bond donors (Lipinski definition) is 2. The molecule has 6 nitrogen and oxygen atoms in total. The average Bonchev–Trinajstić information content (AvgIpc) is 3.43. The molecule has 0 saturated carbocycles. The second kappa shape index (κ2) is 9.40. The van der Waals surface area contributed by atoms with Crippen LogP contribution in [0.25, 0.3) is 11.5 Å². The number of hydrogen-bond acceptors (Lipinski definition) is 5. The van der Waals surface area contributed by atoms with Gasteiger partial charge in [-0.3, -0.25) is 9.59 Å². The number of nitrogens with one attached hydrogen (secondary N) is 2. The summed E-state index contributed by atoms with van der Waals surface area (Å²) in [6.45, 7) is 2.06. The van der Waals surface area contributed by atoms with E-state index in [-0.39, 0.29) is 24.8 Å². The topological polar surface area (TPSA) is 84.2 Å². The molecule has 2 amide bonds. The van der Waals surface area contributed by atoms with Crippen molar-refractivity contribution in [3.63, 3.8) is 0 Å². The fourth-order valence-electron chi connectivity index (χ4n) is 3.12. The fourth-order valence-corrected chi connectivity index (χ4v) is 3.76. The quantitative estimate of drug-likeness (QED) is 0.439. The Bertz CT molecular complexity index is 1180. The first-order valence-electron chi connectivity index (χ1n) is 9.80. The van der Waals surface area contributed by atoms with Gasteiger partial charge in [-0.1, -0.05) is 42.5 Å². The normalized spacial score (nSPS) is 10.6.